The van der Waals surface area contributed by atoms with Gasteiger partial charge in [0.15, 0.2) is 0 Å². The monoisotopic (exact) mass is 358 g/mol. The van der Waals surface area contributed by atoms with Crippen LogP contribution in [0.25, 0.3) is 10.9 Å². The van der Waals surface area contributed by atoms with E-state index in [1.165, 1.54) is 35.2 Å². The molecular formula is C13H12ClIN2. The van der Waals surface area contributed by atoms with Crippen molar-refractivity contribution in [2.24, 2.45) is 0 Å². The molecule has 1 N–H and O–H groups in total. The standard InChI is InChI=1S/C13H12ClIN2/c14-8-5-6-10-12(7-8)16-11-4-2-1-3-9(11)13(10)17-15/h5-7H,1-4H2,(H,16,17). The fourth-order valence-electron chi connectivity index (χ4n) is 2.51. The summed E-state index contributed by atoms with van der Waals surface area (Å²) >= 11 is 8.24. The van der Waals surface area contributed by atoms with Crippen molar-refractivity contribution in [3.8, 4) is 0 Å². The predicted octanol–water partition coefficient (Wildman–Crippen LogP) is 4.53. The van der Waals surface area contributed by atoms with E-state index in [-0.39, 0.29) is 0 Å². The molecule has 1 aliphatic carbocycles. The van der Waals surface area contributed by atoms with Crippen LogP contribution in [0.15, 0.2) is 18.2 Å². The molecule has 0 unspecified atom stereocenters. The van der Waals surface area contributed by atoms with Gasteiger partial charge in [-0.15, -0.1) is 0 Å². The molecule has 0 saturated heterocycles. The van der Waals surface area contributed by atoms with Gasteiger partial charge in [-0.3, -0.25) is 4.98 Å². The molecule has 1 aliphatic rings. The predicted molar refractivity (Wildman–Crippen MR) is 81.0 cm³/mol. The second-order valence-corrected chi connectivity index (χ2v) is 5.35. The number of nitrogens with one attached hydrogen (secondary N) is 1. The lowest BCUT2D eigenvalue weighted by molar-refractivity contribution is 0.673. The van der Waals surface area contributed by atoms with E-state index in [9.17, 15) is 0 Å². The van der Waals surface area contributed by atoms with Gasteiger partial charge in [-0.2, -0.15) is 0 Å². The number of pyridine rings is 1. The molecule has 4 heteroatoms. The summed E-state index contributed by atoms with van der Waals surface area (Å²) in [4.78, 5) is 4.76. The summed E-state index contributed by atoms with van der Waals surface area (Å²) in [5.74, 6) is 0. The largest absolute Gasteiger partial charge is 0.327 e. The first-order valence-electron chi connectivity index (χ1n) is 5.77. The number of anilines is 1. The molecule has 0 atom stereocenters. The molecule has 1 aromatic heterocycles. The number of hydrogen-bond donors (Lipinski definition) is 1. The van der Waals surface area contributed by atoms with Crippen molar-refractivity contribution < 1.29 is 0 Å². The van der Waals surface area contributed by atoms with Crippen LogP contribution in [0.2, 0.25) is 5.02 Å². The Kier molecular flexibility index (Phi) is 3.13. The van der Waals surface area contributed by atoms with Crippen LogP contribution in [-0.4, -0.2) is 4.98 Å². The lowest BCUT2D eigenvalue weighted by Crippen LogP contribution is -2.08. The Morgan fingerprint density at radius 2 is 2.06 bits per heavy atom. The van der Waals surface area contributed by atoms with E-state index in [2.05, 4.69) is 32.5 Å². The molecule has 0 amide bonds. The van der Waals surface area contributed by atoms with Crippen LogP contribution in [-0.2, 0) is 12.8 Å². The molecule has 0 bridgehead atoms. The fraction of sp³-hybridized carbons (Fsp3) is 0.308. The molecule has 3 rings (SSSR count). The molecule has 0 radical (unpaired) electrons. The quantitative estimate of drug-likeness (QED) is 0.598. The van der Waals surface area contributed by atoms with Gasteiger partial charge in [-0.25, -0.2) is 0 Å². The minimum absolute atomic E-state index is 0.750. The number of hydrogen-bond acceptors (Lipinski definition) is 2. The number of fused-ring (bicyclic) bond motifs is 2. The summed E-state index contributed by atoms with van der Waals surface area (Å²) in [5.41, 5.74) is 4.85. The van der Waals surface area contributed by atoms with Crippen molar-refractivity contribution in [2.75, 3.05) is 3.53 Å². The van der Waals surface area contributed by atoms with Crippen molar-refractivity contribution in [3.05, 3.63) is 34.5 Å². The summed E-state index contributed by atoms with van der Waals surface area (Å²) in [7, 11) is 0. The number of halogens is 2. The summed E-state index contributed by atoms with van der Waals surface area (Å²) in [5, 5.41) is 1.92. The van der Waals surface area contributed by atoms with Gasteiger partial charge in [0.05, 0.1) is 34.1 Å². The molecule has 1 aromatic carbocycles. The molecule has 88 valence electrons. The maximum atomic E-state index is 6.04. The van der Waals surface area contributed by atoms with E-state index < -0.39 is 0 Å². The number of rotatable bonds is 1. The third-order valence-corrected chi connectivity index (χ3v) is 4.09. The Labute approximate surface area is 119 Å². The Bertz CT molecular complexity index is 583. The van der Waals surface area contributed by atoms with Crippen LogP contribution in [0.1, 0.15) is 24.1 Å². The van der Waals surface area contributed by atoms with E-state index in [0.717, 1.165) is 23.4 Å². The second kappa shape index (κ2) is 4.61. The Balaban J connectivity index is 2.34. The van der Waals surface area contributed by atoms with Crippen molar-refractivity contribution in [2.45, 2.75) is 25.7 Å². The van der Waals surface area contributed by atoms with Crippen molar-refractivity contribution in [1.29, 1.82) is 0 Å². The highest BCUT2D eigenvalue weighted by Crippen LogP contribution is 2.34. The van der Waals surface area contributed by atoms with Gasteiger partial charge in [0.25, 0.3) is 0 Å². The number of benzene rings is 1. The zero-order chi connectivity index (χ0) is 11.8. The van der Waals surface area contributed by atoms with Crippen LogP contribution in [0.5, 0.6) is 0 Å². The zero-order valence-corrected chi connectivity index (χ0v) is 12.2. The second-order valence-electron chi connectivity index (χ2n) is 4.38. The summed E-state index contributed by atoms with van der Waals surface area (Å²) in [6.45, 7) is 0. The third-order valence-electron chi connectivity index (χ3n) is 3.32. The summed E-state index contributed by atoms with van der Waals surface area (Å²) < 4.78 is 3.30. The highest BCUT2D eigenvalue weighted by atomic mass is 127. The van der Waals surface area contributed by atoms with E-state index in [1.54, 1.807) is 0 Å². The van der Waals surface area contributed by atoms with E-state index in [4.69, 9.17) is 16.6 Å². The van der Waals surface area contributed by atoms with Crippen LogP contribution in [0, 0.1) is 0 Å². The van der Waals surface area contributed by atoms with Crippen LogP contribution in [0.4, 0.5) is 5.69 Å². The number of aryl methyl sites for hydroxylation is 1. The third kappa shape index (κ3) is 1.99. The highest BCUT2D eigenvalue weighted by molar-refractivity contribution is 14.1. The minimum Gasteiger partial charge on any atom is -0.327 e. The summed E-state index contributed by atoms with van der Waals surface area (Å²) in [6.07, 6.45) is 4.72. The van der Waals surface area contributed by atoms with Gasteiger partial charge in [-0.1, -0.05) is 11.6 Å². The van der Waals surface area contributed by atoms with Gasteiger partial charge in [0.2, 0.25) is 0 Å². The van der Waals surface area contributed by atoms with Gasteiger partial charge >= 0.3 is 0 Å². The maximum Gasteiger partial charge on any atom is 0.0741 e. The highest BCUT2D eigenvalue weighted by Gasteiger charge is 2.17. The Hall–Kier alpha value is -0.550. The van der Waals surface area contributed by atoms with E-state index in [1.807, 2.05) is 12.1 Å². The van der Waals surface area contributed by atoms with Gasteiger partial charge in [0, 0.05) is 16.1 Å². The molecule has 0 spiro atoms. The molecular weight excluding hydrogens is 347 g/mol. The van der Waals surface area contributed by atoms with Gasteiger partial charge < -0.3 is 3.53 Å². The van der Waals surface area contributed by atoms with Crippen LogP contribution >= 0.6 is 34.5 Å². The molecule has 0 saturated carbocycles. The molecule has 17 heavy (non-hydrogen) atoms. The van der Waals surface area contributed by atoms with Gasteiger partial charge in [-0.05, 0) is 49.4 Å². The van der Waals surface area contributed by atoms with Crippen LogP contribution in [0.3, 0.4) is 0 Å². The molecule has 0 fully saturated rings. The average molecular weight is 359 g/mol. The van der Waals surface area contributed by atoms with Crippen molar-refractivity contribution in [1.82, 2.24) is 4.98 Å². The summed E-state index contributed by atoms with van der Waals surface area (Å²) in [6, 6.07) is 5.93. The van der Waals surface area contributed by atoms with Gasteiger partial charge in [0.1, 0.15) is 0 Å². The van der Waals surface area contributed by atoms with Crippen LogP contribution < -0.4 is 3.53 Å². The van der Waals surface area contributed by atoms with Crippen molar-refractivity contribution in [3.63, 3.8) is 0 Å². The van der Waals surface area contributed by atoms with E-state index >= 15 is 0 Å². The first-order chi connectivity index (χ1) is 8.29. The average Bonchev–Trinajstić information content (AvgIpc) is 2.35. The van der Waals surface area contributed by atoms with E-state index in [0.29, 0.717) is 0 Å². The Morgan fingerprint density at radius 3 is 2.88 bits per heavy atom. The smallest absolute Gasteiger partial charge is 0.0741 e. The first-order valence-corrected chi connectivity index (χ1v) is 7.23. The maximum absolute atomic E-state index is 6.04. The number of nitrogens with zero attached hydrogens (tertiary/aromatic N) is 1. The fourth-order valence-corrected chi connectivity index (χ4v) is 3.29. The molecule has 0 aliphatic heterocycles. The molecule has 2 aromatic rings. The zero-order valence-electron chi connectivity index (χ0n) is 9.26. The lowest BCUT2D eigenvalue weighted by Gasteiger charge is -2.19. The minimum atomic E-state index is 0.750. The molecule has 1 heterocycles. The SMILES string of the molecule is Clc1ccc2c(NI)c3c(nc2c1)CCCC3. The topological polar surface area (TPSA) is 24.9 Å². The lowest BCUT2D eigenvalue weighted by atomic mass is 9.93. The van der Waals surface area contributed by atoms with Crippen molar-refractivity contribution >= 4 is 51.1 Å². The number of aromatic nitrogens is 1. The first kappa shape index (κ1) is 11.5. The molecule has 2 nitrogen and oxygen atoms in total. The normalized spacial score (nSPS) is 14.7. The Morgan fingerprint density at radius 1 is 1.24 bits per heavy atom.